The molecule has 14 nitrogen and oxygen atoms in total. The maximum Gasteiger partial charge on any atom is 0.220 e. The van der Waals surface area contributed by atoms with Gasteiger partial charge in [-0.25, -0.2) is 0 Å². The molecule has 470 valence electrons. The quantitative estimate of drug-likeness (QED) is 0.0259. The molecule has 2 aliphatic rings. The number of carbonyl (C=O) groups is 1. The molecule has 0 bridgehead atoms. The first-order valence-corrected chi connectivity index (χ1v) is 33.8. The van der Waals surface area contributed by atoms with Crippen LogP contribution in [0.3, 0.4) is 0 Å². The van der Waals surface area contributed by atoms with Crippen molar-refractivity contribution in [2.45, 2.75) is 389 Å². The van der Waals surface area contributed by atoms with E-state index in [1.165, 1.54) is 238 Å². The Bertz CT molecular complexity index is 1330. The minimum Gasteiger partial charge on any atom is -0.394 e. The zero-order chi connectivity index (χ0) is 57.4. The van der Waals surface area contributed by atoms with Crippen molar-refractivity contribution in [3.05, 3.63) is 0 Å². The van der Waals surface area contributed by atoms with Gasteiger partial charge in [0.15, 0.2) is 12.6 Å². The van der Waals surface area contributed by atoms with Crippen molar-refractivity contribution in [3.63, 3.8) is 0 Å². The van der Waals surface area contributed by atoms with E-state index in [9.17, 15) is 45.6 Å². The lowest BCUT2D eigenvalue weighted by Crippen LogP contribution is -2.65. The summed E-state index contributed by atoms with van der Waals surface area (Å²) in [6.45, 7) is 2.92. The standard InChI is InChI=1S/C65H127NO13/c1-3-5-7-9-11-13-15-17-19-21-22-23-24-25-26-27-28-29-30-31-33-35-37-39-41-43-45-47-49-57(70)66-53(54(69)48-46-44-42-40-38-36-34-32-20-18-16-14-12-10-8-6-4-2)52-76-64-62(75)60(73)63(56(51-68)78-64)79-65-61(74)59(72)58(71)55(50-67)77-65/h53-56,58-65,67-69,71-75H,3-52H2,1-2H3,(H,66,70)/t53-,54+,55+,56+,58-,59?,60?,61?,62?,63+,64+,65-/m0/s1. The summed E-state index contributed by atoms with van der Waals surface area (Å²) in [5.41, 5.74) is 0. The van der Waals surface area contributed by atoms with E-state index < -0.39 is 86.8 Å². The molecule has 1 amide bonds. The van der Waals surface area contributed by atoms with Gasteiger partial charge in [0.05, 0.1) is 32.0 Å². The number of rotatable bonds is 56. The Morgan fingerprint density at radius 2 is 0.722 bits per heavy atom. The summed E-state index contributed by atoms with van der Waals surface area (Å²) < 4.78 is 22.9. The number of aliphatic hydroxyl groups excluding tert-OH is 8. The van der Waals surface area contributed by atoms with Crippen LogP contribution in [-0.2, 0) is 23.7 Å². The van der Waals surface area contributed by atoms with E-state index >= 15 is 0 Å². The Labute approximate surface area is 483 Å². The fraction of sp³-hybridized carbons (Fsp3) is 0.985. The lowest BCUT2D eigenvalue weighted by molar-refractivity contribution is -0.359. The highest BCUT2D eigenvalue weighted by molar-refractivity contribution is 5.76. The molecule has 2 saturated heterocycles. The topological polar surface area (TPSA) is 228 Å². The Kier molecular flexibility index (Phi) is 48.2. The summed E-state index contributed by atoms with van der Waals surface area (Å²) in [6.07, 6.45) is 42.6. The molecule has 14 heteroatoms. The highest BCUT2D eigenvalue weighted by Gasteiger charge is 2.51. The fourth-order valence-electron chi connectivity index (χ4n) is 11.7. The predicted molar refractivity (Wildman–Crippen MR) is 319 cm³/mol. The number of aliphatic hydroxyl groups is 8. The number of carbonyl (C=O) groups excluding carboxylic acids is 1. The fourth-order valence-corrected chi connectivity index (χ4v) is 11.7. The number of hydrogen-bond donors (Lipinski definition) is 9. The van der Waals surface area contributed by atoms with Crippen LogP contribution < -0.4 is 5.32 Å². The Balaban J connectivity index is 1.66. The van der Waals surface area contributed by atoms with Crippen molar-refractivity contribution >= 4 is 5.91 Å². The summed E-state index contributed by atoms with van der Waals surface area (Å²) in [4.78, 5) is 13.3. The second kappa shape index (κ2) is 51.4. The van der Waals surface area contributed by atoms with Gasteiger partial charge in [0.2, 0.25) is 5.91 Å². The number of ether oxygens (including phenoxy) is 4. The third-order valence-corrected chi connectivity index (χ3v) is 17.1. The van der Waals surface area contributed by atoms with Gasteiger partial charge in [-0.3, -0.25) is 4.79 Å². The van der Waals surface area contributed by atoms with Crippen molar-refractivity contribution in [2.24, 2.45) is 0 Å². The number of hydrogen-bond acceptors (Lipinski definition) is 13. The van der Waals surface area contributed by atoms with Gasteiger partial charge in [-0.05, 0) is 12.8 Å². The molecule has 9 N–H and O–H groups in total. The Morgan fingerprint density at radius 1 is 0.405 bits per heavy atom. The van der Waals surface area contributed by atoms with Gasteiger partial charge in [0.25, 0.3) is 0 Å². The summed E-state index contributed by atoms with van der Waals surface area (Å²) >= 11 is 0. The van der Waals surface area contributed by atoms with E-state index in [0.717, 1.165) is 51.4 Å². The molecule has 2 heterocycles. The molecule has 0 aromatic heterocycles. The van der Waals surface area contributed by atoms with Crippen molar-refractivity contribution < 1.29 is 64.6 Å². The third-order valence-electron chi connectivity index (χ3n) is 17.1. The zero-order valence-electron chi connectivity index (χ0n) is 50.9. The van der Waals surface area contributed by atoms with Crippen molar-refractivity contribution in [2.75, 3.05) is 19.8 Å². The van der Waals surface area contributed by atoms with Crippen molar-refractivity contribution in [3.8, 4) is 0 Å². The molecule has 0 aliphatic carbocycles. The molecule has 2 fully saturated rings. The van der Waals surface area contributed by atoms with Crippen LogP contribution in [0, 0.1) is 0 Å². The summed E-state index contributed by atoms with van der Waals surface area (Å²) in [7, 11) is 0. The minimum atomic E-state index is -1.78. The lowest BCUT2D eigenvalue weighted by atomic mass is 9.97. The van der Waals surface area contributed by atoms with Gasteiger partial charge in [-0.15, -0.1) is 0 Å². The molecule has 2 rings (SSSR count). The Hall–Kier alpha value is -1.01. The molecular formula is C65H127NO13. The van der Waals surface area contributed by atoms with Gasteiger partial charge in [-0.1, -0.05) is 296 Å². The van der Waals surface area contributed by atoms with Gasteiger partial charge in [0, 0.05) is 6.42 Å². The first-order valence-electron chi connectivity index (χ1n) is 33.8. The second-order valence-electron chi connectivity index (χ2n) is 24.3. The number of amides is 1. The van der Waals surface area contributed by atoms with E-state index in [2.05, 4.69) is 19.2 Å². The van der Waals surface area contributed by atoms with Crippen LogP contribution in [0.2, 0.25) is 0 Å². The zero-order valence-corrected chi connectivity index (χ0v) is 50.9. The van der Waals surface area contributed by atoms with Crippen LogP contribution in [0.5, 0.6) is 0 Å². The van der Waals surface area contributed by atoms with Crippen LogP contribution in [-0.4, -0.2) is 140 Å². The van der Waals surface area contributed by atoms with Crippen LogP contribution in [0.25, 0.3) is 0 Å². The molecule has 0 saturated carbocycles. The normalized spacial score (nSPS) is 24.3. The van der Waals surface area contributed by atoms with Crippen molar-refractivity contribution in [1.82, 2.24) is 5.32 Å². The van der Waals surface area contributed by atoms with Crippen LogP contribution in [0.1, 0.15) is 316 Å². The molecule has 0 aromatic carbocycles. The third kappa shape index (κ3) is 36.4. The average molecular weight is 1130 g/mol. The van der Waals surface area contributed by atoms with E-state index in [1.807, 2.05) is 0 Å². The molecule has 0 spiro atoms. The largest absolute Gasteiger partial charge is 0.394 e. The Morgan fingerprint density at radius 3 is 1.08 bits per heavy atom. The van der Waals surface area contributed by atoms with E-state index in [0.29, 0.717) is 12.8 Å². The molecule has 4 unspecified atom stereocenters. The molecule has 79 heavy (non-hydrogen) atoms. The maximum absolute atomic E-state index is 13.3. The average Bonchev–Trinajstić information content (AvgIpc) is 3.46. The smallest absolute Gasteiger partial charge is 0.220 e. The predicted octanol–water partition coefficient (Wildman–Crippen LogP) is 12.8. The molecule has 0 radical (unpaired) electrons. The van der Waals surface area contributed by atoms with E-state index in [4.69, 9.17) is 18.9 Å². The SMILES string of the molecule is CCCCCCCCCCCCCCCCCCCCCCCCCCCCCCC(=O)N[C@@H](CO[C@@H]1O[C@H](CO)[C@@H](O[C@@H]2O[C@H](CO)[C@H](O)C(O)C2O)C(O)C1O)[C@H](O)CCCCCCCCCCCCCCCCCCC. The highest BCUT2D eigenvalue weighted by Crippen LogP contribution is 2.30. The van der Waals surface area contributed by atoms with Crippen LogP contribution in [0.4, 0.5) is 0 Å². The number of unbranched alkanes of at least 4 members (excludes halogenated alkanes) is 43. The first kappa shape index (κ1) is 74.1. The monoisotopic (exact) mass is 1130 g/mol. The summed E-state index contributed by atoms with van der Waals surface area (Å²) in [6, 6.07) is -0.823. The first-order chi connectivity index (χ1) is 38.6. The lowest BCUT2D eigenvalue weighted by Gasteiger charge is -2.46. The molecule has 2 aliphatic heterocycles. The van der Waals surface area contributed by atoms with Gasteiger partial charge >= 0.3 is 0 Å². The maximum atomic E-state index is 13.3. The molecular weight excluding hydrogens is 1000 g/mol. The van der Waals surface area contributed by atoms with E-state index in [-0.39, 0.29) is 12.5 Å². The van der Waals surface area contributed by atoms with Crippen molar-refractivity contribution in [1.29, 1.82) is 0 Å². The summed E-state index contributed by atoms with van der Waals surface area (Å²) in [5.74, 6) is -0.198. The second-order valence-corrected chi connectivity index (χ2v) is 24.3. The van der Waals surface area contributed by atoms with Crippen LogP contribution >= 0.6 is 0 Å². The molecule has 0 aromatic rings. The van der Waals surface area contributed by atoms with Gasteiger partial charge < -0.3 is 65.1 Å². The molecule has 12 atom stereocenters. The van der Waals surface area contributed by atoms with Gasteiger partial charge in [-0.2, -0.15) is 0 Å². The summed E-state index contributed by atoms with van der Waals surface area (Å²) in [5, 5.41) is 87.5. The van der Waals surface area contributed by atoms with E-state index in [1.54, 1.807) is 0 Å². The minimum absolute atomic E-state index is 0.198. The van der Waals surface area contributed by atoms with Crippen LogP contribution in [0.15, 0.2) is 0 Å². The number of nitrogens with one attached hydrogen (secondary N) is 1. The highest BCUT2D eigenvalue weighted by atomic mass is 16.7. The van der Waals surface area contributed by atoms with Gasteiger partial charge in [0.1, 0.15) is 48.8 Å².